The Bertz CT molecular complexity index is 962. The highest BCUT2D eigenvalue weighted by Gasteiger charge is 2.17. The molecule has 0 saturated carbocycles. The number of methoxy groups -OCH3 is 2. The van der Waals surface area contributed by atoms with Crippen LogP contribution < -0.4 is 10.3 Å². The monoisotopic (exact) mass is 379 g/mol. The minimum absolute atomic E-state index is 0.144. The number of carbonyl (C=O) groups is 2. The van der Waals surface area contributed by atoms with Crippen molar-refractivity contribution < 1.29 is 29.3 Å². The van der Waals surface area contributed by atoms with E-state index in [9.17, 15) is 24.6 Å². The van der Waals surface area contributed by atoms with E-state index < -0.39 is 29.1 Å². The Morgan fingerprint density at radius 2 is 1.88 bits per heavy atom. The normalized spacial score (nSPS) is 10.7. The van der Waals surface area contributed by atoms with Crippen molar-refractivity contribution in [1.29, 1.82) is 0 Å². The zero-order valence-electron chi connectivity index (χ0n) is 13.7. The van der Waals surface area contributed by atoms with Gasteiger partial charge in [-0.25, -0.2) is 9.36 Å². The highest BCUT2D eigenvalue weighted by molar-refractivity contribution is 6.32. The number of carbonyl (C=O) groups excluding carboxylic acids is 2. The lowest BCUT2D eigenvalue weighted by molar-refractivity contribution is 0.0597. The summed E-state index contributed by atoms with van der Waals surface area (Å²) in [6.07, 6.45) is 2.28. The van der Waals surface area contributed by atoms with Gasteiger partial charge < -0.3 is 19.7 Å². The van der Waals surface area contributed by atoms with Gasteiger partial charge in [-0.05, 0) is 23.8 Å². The van der Waals surface area contributed by atoms with Gasteiger partial charge in [0.05, 0.1) is 14.2 Å². The van der Waals surface area contributed by atoms with Gasteiger partial charge in [-0.15, -0.1) is 0 Å². The third kappa shape index (κ3) is 3.70. The summed E-state index contributed by atoms with van der Waals surface area (Å²) in [4.78, 5) is 35.8. The van der Waals surface area contributed by atoms with Gasteiger partial charge >= 0.3 is 11.5 Å². The van der Waals surface area contributed by atoms with Crippen molar-refractivity contribution in [1.82, 2.24) is 4.57 Å². The number of rotatable bonds is 4. The molecular formula is C17H14ClNO7. The second kappa shape index (κ2) is 7.75. The molecule has 0 spiro atoms. The van der Waals surface area contributed by atoms with Crippen LogP contribution in [0.5, 0.6) is 17.4 Å². The number of pyridine rings is 1. The van der Waals surface area contributed by atoms with Gasteiger partial charge in [0.25, 0.3) is 5.91 Å². The number of benzene rings is 1. The average Bonchev–Trinajstić information content (AvgIpc) is 2.64. The fourth-order valence-corrected chi connectivity index (χ4v) is 2.30. The number of nitrogens with zero attached hydrogens (tertiary/aromatic N) is 1. The maximum Gasteiger partial charge on any atom is 0.341 e. The summed E-state index contributed by atoms with van der Waals surface area (Å²) < 4.78 is 10.0. The molecule has 0 unspecified atom stereocenters. The highest BCUT2D eigenvalue weighted by atomic mass is 35.5. The number of hydrogen-bond acceptors (Lipinski definition) is 7. The van der Waals surface area contributed by atoms with Gasteiger partial charge in [0.1, 0.15) is 16.3 Å². The van der Waals surface area contributed by atoms with E-state index in [1.807, 2.05) is 0 Å². The van der Waals surface area contributed by atoms with E-state index in [1.165, 1.54) is 32.4 Å². The van der Waals surface area contributed by atoms with Crippen LogP contribution in [0.1, 0.15) is 20.7 Å². The van der Waals surface area contributed by atoms with Crippen LogP contribution >= 0.6 is 11.6 Å². The lowest BCUT2D eigenvalue weighted by Gasteiger charge is -2.08. The van der Waals surface area contributed by atoms with Crippen LogP contribution in [0.3, 0.4) is 0 Å². The van der Waals surface area contributed by atoms with Crippen LogP contribution in [-0.2, 0) is 4.74 Å². The number of allylic oxidation sites excluding steroid dienone is 1. The van der Waals surface area contributed by atoms with E-state index in [2.05, 4.69) is 4.74 Å². The van der Waals surface area contributed by atoms with Gasteiger partial charge in [0.15, 0.2) is 5.75 Å². The fraction of sp³-hybridized carbons (Fsp3) is 0.118. The molecule has 2 aromatic rings. The second-order valence-corrected chi connectivity index (χ2v) is 5.37. The van der Waals surface area contributed by atoms with E-state index in [-0.39, 0.29) is 16.3 Å². The van der Waals surface area contributed by atoms with Gasteiger partial charge in [-0.3, -0.25) is 9.59 Å². The number of aromatic nitrogens is 1. The van der Waals surface area contributed by atoms with E-state index in [1.54, 1.807) is 6.07 Å². The molecule has 1 aromatic heterocycles. The molecule has 0 atom stereocenters. The molecule has 136 valence electrons. The smallest absolute Gasteiger partial charge is 0.341 e. The topological polar surface area (TPSA) is 115 Å². The van der Waals surface area contributed by atoms with Crippen LogP contribution in [0.25, 0.3) is 6.08 Å². The van der Waals surface area contributed by atoms with Crippen molar-refractivity contribution in [3.8, 4) is 17.4 Å². The standard InChI is InChI=1S/C17H14ClNO7/c1-25-13-5-3-9(7-10(13)17(24)26-2)4-6-14(21)19-15(22)11(18)8-12(20)16(19)23/h3-8,20,22H,1-2H3/b6-4+. The molecule has 0 bridgehead atoms. The first-order valence-corrected chi connectivity index (χ1v) is 7.50. The summed E-state index contributed by atoms with van der Waals surface area (Å²) in [5, 5.41) is 18.9. The SMILES string of the molecule is COC(=O)c1cc(/C=C/C(=O)n2c(O)c(Cl)cc(O)c2=O)ccc1OC. The van der Waals surface area contributed by atoms with Crippen molar-refractivity contribution in [3.05, 3.63) is 56.8 Å². The molecule has 8 nitrogen and oxygen atoms in total. The Morgan fingerprint density at radius 3 is 2.50 bits per heavy atom. The molecular weight excluding hydrogens is 366 g/mol. The van der Waals surface area contributed by atoms with Crippen molar-refractivity contribution in [2.24, 2.45) is 0 Å². The molecule has 0 aliphatic rings. The molecule has 0 saturated heterocycles. The number of ether oxygens (including phenoxy) is 2. The molecule has 0 fully saturated rings. The minimum Gasteiger partial charge on any atom is -0.503 e. The summed E-state index contributed by atoms with van der Waals surface area (Å²) in [6, 6.07) is 5.32. The van der Waals surface area contributed by atoms with E-state index in [0.29, 0.717) is 10.1 Å². The Labute approximate surface area is 152 Å². The number of hydrogen-bond donors (Lipinski definition) is 2. The predicted octanol–water partition coefficient (Wildman–Crippen LogP) is 2.06. The van der Waals surface area contributed by atoms with Crippen molar-refractivity contribution in [3.63, 3.8) is 0 Å². The Morgan fingerprint density at radius 1 is 1.19 bits per heavy atom. The molecule has 0 aliphatic heterocycles. The molecule has 0 aliphatic carbocycles. The van der Waals surface area contributed by atoms with E-state index in [0.717, 1.165) is 12.1 Å². The summed E-state index contributed by atoms with van der Waals surface area (Å²) in [6.45, 7) is 0. The molecule has 0 radical (unpaired) electrons. The number of aromatic hydroxyl groups is 2. The number of esters is 1. The van der Waals surface area contributed by atoms with Crippen molar-refractivity contribution in [2.45, 2.75) is 0 Å². The lowest BCUT2D eigenvalue weighted by atomic mass is 10.1. The largest absolute Gasteiger partial charge is 0.503 e. The average molecular weight is 380 g/mol. The maximum atomic E-state index is 12.2. The maximum absolute atomic E-state index is 12.2. The van der Waals surface area contributed by atoms with E-state index in [4.69, 9.17) is 16.3 Å². The molecule has 1 heterocycles. The van der Waals surface area contributed by atoms with Crippen LogP contribution in [0, 0.1) is 0 Å². The highest BCUT2D eigenvalue weighted by Crippen LogP contribution is 2.24. The fourth-order valence-electron chi connectivity index (χ4n) is 2.11. The van der Waals surface area contributed by atoms with Gasteiger partial charge in [0, 0.05) is 12.1 Å². The molecule has 9 heteroatoms. The summed E-state index contributed by atoms with van der Waals surface area (Å²) in [5.41, 5.74) is -0.546. The first-order valence-electron chi connectivity index (χ1n) is 7.12. The molecule has 2 rings (SSSR count). The first-order chi connectivity index (χ1) is 12.3. The Kier molecular flexibility index (Phi) is 5.68. The van der Waals surface area contributed by atoms with Crippen LogP contribution in [0.15, 0.2) is 35.1 Å². The molecule has 1 aromatic carbocycles. The molecule has 0 amide bonds. The first kappa shape index (κ1) is 19.1. The third-order valence-corrected chi connectivity index (χ3v) is 3.66. The van der Waals surface area contributed by atoms with Crippen LogP contribution in [0.4, 0.5) is 0 Å². The lowest BCUT2D eigenvalue weighted by Crippen LogP contribution is -2.24. The van der Waals surface area contributed by atoms with Gasteiger partial charge in [-0.2, -0.15) is 0 Å². The molecule has 2 N–H and O–H groups in total. The van der Waals surface area contributed by atoms with Crippen LogP contribution in [0.2, 0.25) is 5.02 Å². The predicted molar refractivity (Wildman–Crippen MR) is 93.0 cm³/mol. The van der Waals surface area contributed by atoms with Crippen LogP contribution in [-0.4, -0.2) is 40.9 Å². The summed E-state index contributed by atoms with van der Waals surface area (Å²) >= 11 is 5.65. The van der Waals surface area contributed by atoms with Gasteiger partial charge in [-0.1, -0.05) is 17.7 Å². The second-order valence-electron chi connectivity index (χ2n) is 4.96. The quantitative estimate of drug-likeness (QED) is 0.617. The van der Waals surface area contributed by atoms with Crippen molar-refractivity contribution >= 4 is 29.6 Å². The van der Waals surface area contributed by atoms with E-state index >= 15 is 0 Å². The minimum atomic E-state index is -1.12. The van der Waals surface area contributed by atoms with Crippen molar-refractivity contribution in [2.75, 3.05) is 14.2 Å². The Balaban J connectivity index is 2.41. The zero-order valence-corrected chi connectivity index (χ0v) is 14.5. The summed E-state index contributed by atoms with van der Waals surface area (Å²) in [5.74, 6) is -2.87. The van der Waals surface area contributed by atoms with Gasteiger partial charge in [0.2, 0.25) is 5.88 Å². The number of halogens is 1. The zero-order chi connectivity index (χ0) is 19.4. The summed E-state index contributed by atoms with van der Waals surface area (Å²) in [7, 11) is 2.61. The molecule has 26 heavy (non-hydrogen) atoms. The third-order valence-electron chi connectivity index (χ3n) is 3.38. The Hall–Kier alpha value is -3.26.